The summed E-state index contributed by atoms with van der Waals surface area (Å²) in [6.07, 6.45) is 0.577. The highest BCUT2D eigenvalue weighted by molar-refractivity contribution is 5.27. The van der Waals surface area contributed by atoms with Crippen molar-refractivity contribution in [2.75, 3.05) is 0 Å². The van der Waals surface area contributed by atoms with Crippen molar-refractivity contribution in [1.29, 1.82) is 0 Å². The van der Waals surface area contributed by atoms with Crippen LogP contribution in [0.2, 0.25) is 0 Å². The minimum atomic E-state index is -0.251. The number of aryl methyl sites for hydroxylation is 1. The van der Waals surface area contributed by atoms with Gasteiger partial charge in [0.1, 0.15) is 5.82 Å². The fourth-order valence-corrected chi connectivity index (χ4v) is 1.31. The molecule has 14 heavy (non-hydrogen) atoms. The lowest BCUT2D eigenvalue weighted by Crippen LogP contribution is -2.03. The van der Waals surface area contributed by atoms with Gasteiger partial charge in [0, 0.05) is 11.0 Å². The molecule has 0 aliphatic heterocycles. The Morgan fingerprint density at radius 2 is 2.29 bits per heavy atom. The van der Waals surface area contributed by atoms with E-state index in [2.05, 4.69) is 10.0 Å². The zero-order chi connectivity index (χ0) is 10.6. The van der Waals surface area contributed by atoms with Gasteiger partial charge >= 0.3 is 0 Å². The summed E-state index contributed by atoms with van der Waals surface area (Å²) in [5.74, 6) is -0.251. The topological polar surface area (TPSA) is 48.8 Å². The first-order chi connectivity index (χ1) is 6.63. The van der Waals surface area contributed by atoms with Crippen LogP contribution in [0.25, 0.3) is 10.4 Å². The second-order valence-corrected chi connectivity index (χ2v) is 3.33. The van der Waals surface area contributed by atoms with Crippen molar-refractivity contribution in [3.05, 3.63) is 45.6 Å². The van der Waals surface area contributed by atoms with E-state index in [1.165, 1.54) is 12.1 Å². The number of benzene rings is 1. The van der Waals surface area contributed by atoms with E-state index in [0.29, 0.717) is 6.42 Å². The highest BCUT2D eigenvalue weighted by Gasteiger charge is 2.04. The molecule has 0 saturated heterocycles. The summed E-state index contributed by atoms with van der Waals surface area (Å²) in [4.78, 5) is 2.72. The van der Waals surface area contributed by atoms with Gasteiger partial charge in [-0.1, -0.05) is 18.1 Å². The molecule has 0 unspecified atom stereocenters. The molecular weight excluding hydrogens is 181 g/mol. The van der Waals surface area contributed by atoms with Crippen LogP contribution in [0.15, 0.2) is 23.3 Å². The first-order valence-corrected chi connectivity index (χ1v) is 4.42. The van der Waals surface area contributed by atoms with Crippen LogP contribution in [0, 0.1) is 12.7 Å². The van der Waals surface area contributed by atoms with Gasteiger partial charge in [-0.3, -0.25) is 0 Å². The van der Waals surface area contributed by atoms with Crippen molar-refractivity contribution in [3.8, 4) is 0 Å². The minimum Gasteiger partial charge on any atom is -0.207 e. The quantitative estimate of drug-likeness (QED) is 0.401. The molecule has 0 radical (unpaired) electrons. The first kappa shape index (κ1) is 10.5. The number of hydrogen-bond acceptors (Lipinski definition) is 1. The molecule has 0 bridgehead atoms. The maximum atomic E-state index is 12.9. The molecule has 0 N–H and O–H groups in total. The van der Waals surface area contributed by atoms with E-state index in [-0.39, 0.29) is 11.9 Å². The highest BCUT2D eigenvalue weighted by atomic mass is 19.1. The Kier molecular flexibility index (Phi) is 3.48. The lowest BCUT2D eigenvalue weighted by molar-refractivity contribution is 0.621. The molecule has 0 aromatic heterocycles. The Balaban J connectivity index is 2.85. The molecule has 0 aliphatic rings. The average molecular weight is 193 g/mol. The van der Waals surface area contributed by atoms with Gasteiger partial charge in [0.2, 0.25) is 0 Å². The Hall–Kier alpha value is -1.54. The van der Waals surface area contributed by atoms with E-state index in [9.17, 15) is 4.39 Å². The fraction of sp³-hybridized carbons (Fsp3) is 0.400. The highest BCUT2D eigenvalue weighted by Crippen LogP contribution is 2.13. The molecule has 1 aromatic rings. The molecule has 1 rings (SSSR count). The summed E-state index contributed by atoms with van der Waals surface area (Å²) < 4.78 is 12.9. The van der Waals surface area contributed by atoms with E-state index in [0.717, 1.165) is 11.1 Å². The van der Waals surface area contributed by atoms with Gasteiger partial charge in [-0.25, -0.2) is 4.39 Å². The van der Waals surface area contributed by atoms with Gasteiger partial charge in [-0.15, -0.1) is 0 Å². The van der Waals surface area contributed by atoms with E-state index >= 15 is 0 Å². The number of azide groups is 1. The van der Waals surface area contributed by atoms with Crippen LogP contribution in [0.5, 0.6) is 0 Å². The Morgan fingerprint density at radius 3 is 2.93 bits per heavy atom. The van der Waals surface area contributed by atoms with Crippen LogP contribution in [-0.4, -0.2) is 6.04 Å². The van der Waals surface area contributed by atoms with E-state index in [1.807, 2.05) is 13.8 Å². The van der Waals surface area contributed by atoms with Crippen LogP contribution in [0.3, 0.4) is 0 Å². The minimum absolute atomic E-state index is 0.138. The third-order valence-electron chi connectivity index (χ3n) is 2.08. The summed E-state index contributed by atoms with van der Waals surface area (Å²) in [6.45, 7) is 3.72. The van der Waals surface area contributed by atoms with E-state index < -0.39 is 0 Å². The molecule has 74 valence electrons. The number of halogens is 1. The van der Waals surface area contributed by atoms with Crippen LogP contribution in [0.1, 0.15) is 18.1 Å². The first-order valence-electron chi connectivity index (χ1n) is 4.42. The van der Waals surface area contributed by atoms with Crippen LogP contribution in [0.4, 0.5) is 4.39 Å². The van der Waals surface area contributed by atoms with Gasteiger partial charge in [-0.2, -0.15) is 0 Å². The predicted molar refractivity (Wildman–Crippen MR) is 53.4 cm³/mol. The van der Waals surface area contributed by atoms with Crippen LogP contribution < -0.4 is 0 Å². The van der Waals surface area contributed by atoms with Crippen molar-refractivity contribution >= 4 is 0 Å². The normalized spacial score (nSPS) is 11.9. The summed E-state index contributed by atoms with van der Waals surface area (Å²) in [5, 5.41) is 3.55. The van der Waals surface area contributed by atoms with Gasteiger partial charge in [0.05, 0.1) is 0 Å². The van der Waals surface area contributed by atoms with Crippen molar-refractivity contribution < 1.29 is 4.39 Å². The Labute approximate surface area is 82.2 Å². The Morgan fingerprint density at radius 1 is 1.57 bits per heavy atom. The standard InChI is InChI=1S/C10H12FN3/c1-7-3-4-10(11)6-9(7)5-8(2)13-14-12/h3-4,6,8H,5H2,1-2H3/t8-/m0/s1. The monoisotopic (exact) mass is 193 g/mol. The van der Waals surface area contributed by atoms with Crippen LogP contribution in [-0.2, 0) is 6.42 Å². The predicted octanol–water partition coefficient (Wildman–Crippen LogP) is 3.38. The second-order valence-electron chi connectivity index (χ2n) is 3.33. The average Bonchev–Trinajstić information content (AvgIpc) is 2.12. The molecule has 3 nitrogen and oxygen atoms in total. The summed E-state index contributed by atoms with van der Waals surface area (Å²) in [7, 11) is 0. The number of nitrogens with zero attached hydrogens (tertiary/aromatic N) is 3. The second kappa shape index (κ2) is 4.63. The smallest absolute Gasteiger partial charge is 0.123 e. The van der Waals surface area contributed by atoms with Crippen molar-refractivity contribution in [1.82, 2.24) is 0 Å². The zero-order valence-electron chi connectivity index (χ0n) is 8.24. The van der Waals surface area contributed by atoms with E-state index in [4.69, 9.17) is 5.53 Å². The Bertz CT molecular complexity index is 370. The molecule has 0 fully saturated rings. The van der Waals surface area contributed by atoms with Gasteiger partial charge in [0.15, 0.2) is 0 Å². The van der Waals surface area contributed by atoms with E-state index in [1.54, 1.807) is 6.07 Å². The van der Waals surface area contributed by atoms with Gasteiger partial charge in [-0.05, 0) is 42.1 Å². The zero-order valence-corrected chi connectivity index (χ0v) is 8.24. The molecule has 0 spiro atoms. The molecule has 0 saturated carbocycles. The number of hydrogen-bond donors (Lipinski definition) is 0. The third-order valence-corrected chi connectivity index (χ3v) is 2.08. The maximum absolute atomic E-state index is 12.9. The lowest BCUT2D eigenvalue weighted by Gasteiger charge is -2.07. The molecule has 0 amide bonds. The SMILES string of the molecule is Cc1ccc(F)cc1C[C@H](C)N=[N+]=[N-]. The molecule has 0 aliphatic carbocycles. The molecule has 0 heterocycles. The molecule has 4 heteroatoms. The molecule has 1 aromatic carbocycles. The van der Waals surface area contributed by atoms with Crippen molar-refractivity contribution in [2.24, 2.45) is 5.11 Å². The third kappa shape index (κ3) is 2.75. The molecule has 1 atom stereocenters. The number of rotatable bonds is 3. The van der Waals surface area contributed by atoms with Gasteiger partial charge in [0.25, 0.3) is 0 Å². The summed E-state index contributed by atoms with van der Waals surface area (Å²) >= 11 is 0. The molecular formula is C10H12FN3. The van der Waals surface area contributed by atoms with Gasteiger partial charge < -0.3 is 0 Å². The maximum Gasteiger partial charge on any atom is 0.123 e. The van der Waals surface area contributed by atoms with Crippen molar-refractivity contribution in [2.45, 2.75) is 26.3 Å². The fourth-order valence-electron chi connectivity index (χ4n) is 1.31. The van der Waals surface area contributed by atoms with Crippen molar-refractivity contribution in [3.63, 3.8) is 0 Å². The summed E-state index contributed by atoms with van der Waals surface area (Å²) in [5.41, 5.74) is 10.1. The summed E-state index contributed by atoms with van der Waals surface area (Å²) in [6, 6.07) is 4.50. The largest absolute Gasteiger partial charge is 0.207 e. The van der Waals surface area contributed by atoms with Crippen LogP contribution >= 0.6 is 0 Å². The lowest BCUT2D eigenvalue weighted by atomic mass is 10.0.